The van der Waals surface area contributed by atoms with Crippen molar-refractivity contribution in [1.29, 1.82) is 0 Å². The maximum Gasteiger partial charge on any atom is 0.168 e. The normalized spacial score (nSPS) is 13.8. The van der Waals surface area contributed by atoms with Gasteiger partial charge in [-0.2, -0.15) is 0 Å². The molecule has 2 atom stereocenters. The van der Waals surface area contributed by atoms with E-state index in [1.807, 2.05) is 49.4 Å². The zero-order chi connectivity index (χ0) is 14.5. The predicted molar refractivity (Wildman–Crippen MR) is 83.7 cm³/mol. The first-order chi connectivity index (χ1) is 9.63. The topological polar surface area (TPSA) is 37.3 Å². The van der Waals surface area contributed by atoms with Gasteiger partial charge in [-0.1, -0.05) is 65.3 Å². The van der Waals surface area contributed by atoms with Crippen molar-refractivity contribution in [3.63, 3.8) is 0 Å². The van der Waals surface area contributed by atoms with Gasteiger partial charge in [-0.3, -0.25) is 4.79 Å². The van der Waals surface area contributed by atoms with E-state index in [-0.39, 0.29) is 5.78 Å². The number of hydrogen-bond donors (Lipinski definition) is 1. The molecule has 0 aliphatic heterocycles. The van der Waals surface area contributed by atoms with E-state index in [0.29, 0.717) is 12.0 Å². The minimum atomic E-state index is -0.777. The largest absolute Gasteiger partial charge is 0.388 e. The van der Waals surface area contributed by atoms with Gasteiger partial charge in [0, 0.05) is 10.0 Å². The van der Waals surface area contributed by atoms with Crippen LogP contribution in [0.2, 0.25) is 0 Å². The molecule has 0 fully saturated rings. The molecule has 0 radical (unpaired) electrons. The van der Waals surface area contributed by atoms with Gasteiger partial charge in [0.05, 0.1) is 12.0 Å². The number of halogens is 1. The number of Topliss-reactive ketones (excluding diaryl/α,β-unsaturated/α-hetero) is 1. The SMILES string of the molecule is CC[C@H](C(=O)c1ccccc1)[C@@H](O)c1ccc(Br)cc1. The number of hydrogen-bond acceptors (Lipinski definition) is 2. The molecule has 2 aromatic carbocycles. The van der Waals surface area contributed by atoms with Crippen LogP contribution in [0.5, 0.6) is 0 Å². The lowest BCUT2D eigenvalue weighted by Gasteiger charge is -2.21. The standard InChI is InChI=1S/C17H17BrO2/c1-2-15(16(19)12-6-4-3-5-7-12)17(20)13-8-10-14(18)11-9-13/h3-11,15,17,20H,2H2,1H3/t15-,17+/m1/s1. The lowest BCUT2D eigenvalue weighted by atomic mass is 9.87. The smallest absolute Gasteiger partial charge is 0.168 e. The van der Waals surface area contributed by atoms with Crippen molar-refractivity contribution >= 4 is 21.7 Å². The molecular formula is C17H17BrO2. The molecule has 1 N–H and O–H groups in total. The highest BCUT2D eigenvalue weighted by molar-refractivity contribution is 9.10. The molecule has 0 bridgehead atoms. The Balaban J connectivity index is 2.23. The minimum absolute atomic E-state index is 0.0106. The molecule has 0 spiro atoms. The molecule has 0 aliphatic rings. The van der Waals surface area contributed by atoms with E-state index in [1.165, 1.54) is 0 Å². The maximum absolute atomic E-state index is 12.5. The average Bonchev–Trinajstić information content (AvgIpc) is 2.49. The summed E-state index contributed by atoms with van der Waals surface area (Å²) >= 11 is 3.37. The van der Waals surface area contributed by atoms with Gasteiger partial charge >= 0.3 is 0 Å². The van der Waals surface area contributed by atoms with Crippen molar-refractivity contribution in [2.75, 3.05) is 0 Å². The van der Waals surface area contributed by atoms with Gasteiger partial charge < -0.3 is 5.11 Å². The predicted octanol–water partition coefficient (Wildman–Crippen LogP) is 4.39. The number of ketones is 1. The second-order valence-corrected chi connectivity index (χ2v) is 5.66. The number of carbonyl (C=O) groups excluding carboxylic acids is 1. The summed E-state index contributed by atoms with van der Waals surface area (Å²) in [5.41, 5.74) is 1.42. The van der Waals surface area contributed by atoms with E-state index in [2.05, 4.69) is 15.9 Å². The Kier molecular flexibility index (Phi) is 5.10. The Morgan fingerprint density at radius 2 is 1.70 bits per heavy atom. The molecule has 0 unspecified atom stereocenters. The van der Waals surface area contributed by atoms with E-state index in [0.717, 1.165) is 10.0 Å². The van der Waals surface area contributed by atoms with Crippen molar-refractivity contribution in [2.45, 2.75) is 19.4 Å². The van der Waals surface area contributed by atoms with Crippen molar-refractivity contribution in [3.05, 3.63) is 70.2 Å². The number of aliphatic hydroxyl groups is 1. The molecule has 0 heterocycles. The van der Waals surface area contributed by atoms with Crippen LogP contribution in [0.1, 0.15) is 35.4 Å². The molecule has 104 valence electrons. The van der Waals surface area contributed by atoms with E-state index < -0.39 is 12.0 Å². The third-order valence-corrected chi connectivity index (χ3v) is 3.96. The highest BCUT2D eigenvalue weighted by atomic mass is 79.9. The fourth-order valence-corrected chi connectivity index (χ4v) is 2.53. The fourth-order valence-electron chi connectivity index (χ4n) is 2.26. The summed E-state index contributed by atoms with van der Waals surface area (Å²) in [6.45, 7) is 1.92. The quantitative estimate of drug-likeness (QED) is 0.824. The first-order valence-corrected chi connectivity index (χ1v) is 7.45. The van der Waals surface area contributed by atoms with Crippen LogP contribution in [0.3, 0.4) is 0 Å². The zero-order valence-corrected chi connectivity index (χ0v) is 12.9. The number of carbonyl (C=O) groups is 1. The number of aliphatic hydroxyl groups excluding tert-OH is 1. The van der Waals surface area contributed by atoms with Gasteiger partial charge in [-0.15, -0.1) is 0 Å². The Labute approximate surface area is 127 Å². The van der Waals surface area contributed by atoms with Gasteiger partial charge in [0.1, 0.15) is 0 Å². The monoisotopic (exact) mass is 332 g/mol. The van der Waals surface area contributed by atoms with Gasteiger partial charge in [-0.05, 0) is 24.1 Å². The van der Waals surface area contributed by atoms with Crippen LogP contribution in [-0.2, 0) is 0 Å². The maximum atomic E-state index is 12.5. The Hall–Kier alpha value is -1.45. The lowest BCUT2D eigenvalue weighted by Crippen LogP contribution is -2.22. The van der Waals surface area contributed by atoms with Crippen molar-refractivity contribution < 1.29 is 9.90 Å². The summed E-state index contributed by atoms with van der Waals surface area (Å²) in [5.74, 6) is -0.429. The highest BCUT2D eigenvalue weighted by Crippen LogP contribution is 2.28. The summed E-state index contributed by atoms with van der Waals surface area (Å²) in [7, 11) is 0. The van der Waals surface area contributed by atoms with E-state index in [9.17, 15) is 9.90 Å². The summed E-state index contributed by atoms with van der Waals surface area (Å²) in [6, 6.07) is 16.6. The molecular weight excluding hydrogens is 316 g/mol. The van der Waals surface area contributed by atoms with Crippen molar-refractivity contribution in [1.82, 2.24) is 0 Å². The Morgan fingerprint density at radius 3 is 2.25 bits per heavy atom. The highest BCUT2D eigenvalue weighted by Gasteiger charge is 2.27. The minimum Gasteiger partial charge on any atom is -0.388 e. The molecule has 2 nitrogen and oxygen atoms in total. The van der Waals surface area contributed by atoms with Gasteiger partial charge in [-0.25, -0.2) is 0 Å². The molecule has 2 aromatic rings. The third-order valence-electron chi connectivity index (χ3n) is 3.43. The average molecular weight is 333 g/mol. The van der Waals surface area contributed by atoms with E-state index >= 15 is 0 Å². The van der Waals surface area contributed by atoms with E-state index in [1.54, 1.807) is 12.1 Å². The van der Waals surface area contributed by atoms with Crippen molar-refractivity contribution in [2.24, 2.45) is 5.92 Å². The molecule has 20 heavy (non-hydrogen) atoms. The lowest BCUT2D eigenvalue weighted by molar-refractivity contribution is 0.0667. The molecule has 0 aromatic heterocycles. The van der Waals surface area contributed by atoms with Crippen LogP contribution in [-0.4, -0.2) is 10.9 Å². The molecule has 3 heteroatoms. The summed E-state index contributed by atoms with van der Waals surface area (Å²) in [4.78, 5) is 12.5. The summed E-state index contributed by atoms with van der Waals surface area (Å²) in [6.07, 6.45) is -0.175. The van der Waals surface area contributed by atoms with Crippen LogP contribution in [0.15, 0.2) is 59.1 Å². The Bertz CT molecular complexity index is 563. The van der Waals surface area contributed by atoms with Crippen LogP contribution in [0.4, 0.5) is 0 Å². The van der Waals surface area contributed by atoms with Crippen molar-refractivity contribution in [3.8, 4) is 0 Å². The first-order valence-electron chi connectivity index (χ1n) is 6.66. The Morgan fingerprint density at radius 1 is 1.10 bits per heavy atom. The van der Waals surface area contributed by atoms with Crippen LogP contribution >= 0.6 is 15.9 Å². The second kappa shape index (κ2) is 6.82. The third kappa shape index (κ3) is 3.35. The molecule has 0 saturated heterocycles. The van der Waals surface area contributed by atoms with Gasteiger partial charge in [0.15, 0.2) is 5.78 Å². The van der Waals surface area contributed by atoms with Gasteiger partial charge in [0.2, 0.25) is 0 Å². The molecule has 0 saturated carbocycles. The summed E-state index contributed by atoms with van der Waals surface area (Å²) in [5, 5.41) is 10.5. The van der Waals surface area contributed by atoms with Crippen LogP contribution in [0, 0.1) is 5.92 Å². The summed E-state index contributed by atoms with van der Waals surface area (Å²) < 4.78 is 0.955. The second-order valence-electron chi connectivity index (χ2n) is 4.74. The molecule has 0 amide bonds. The first kappa shape index (κ1) is 14.9. The van der Waals surface area contributed by atoms with Gasteiger partial charge in [0.25, 0.3) is 0 Å². The molecule has 2 rings (SSSR count). The van der Waals surface area contributed by atoms with Crippen LogP contribution < -0.4 is 0 Å². The molecule has 0 aliphatic carbocycles. The number of benzene rings is 2. The van der Waals surface area contributed by atoms with E-state index in [4.69, 9.17) is 0 Å². The zero-order valence-electron chi connectivity index (χ0n) is 11.3. The number of rotatable bonds is 5. The fraction of sp³-hybridized carbons (Fsp3) is 0.235. The van der Waals surface area contributed by atoms with Crippen LogP contribution in [0.25, 0.3) is 0 Å².